The van der Waals surface area contributed by atoms with Crippen molar-refractivity contribution >= 4 is 17.4 Å². The number of Topliss-reactive ketones (excluding diaryl/α,β-unsaturated/α-hetero) is 1. The zero-order chi connectivity index (χ0) is 24.2. The fourth-order valence-electron chi connectivity index (χ4n) is 4.43. The molecule has 2 aromatic carbocycles. The van der Waals surface area contributed by atoms with E-state index in [1.165, 1.54) is 12.0 Å². The first kappa shape index (κ1) is 23.8. The molecule has 2 saturated heterocycles. The van der Waals surface area contributed by atoms with Crippen LogP contribution in [0.15, 0.2) is 48.0 Å². The van der Waals surface area contributed by atoms with Crippen molar-refractivity contribution in [3.63, 3.8) is 0 Å². The van der Waals surface area contributed by atoms with Crippen LogP contribution in [0, 0.1) is 6.92 Å². The van der Waals surface area contributed by atoms with E-state index in [1.54, 1.807) is 37.4 Å². The molecule has 180 valence electrons. The highest BCUT2D eigenvalue weighted by Crippen LogP contribution is 2.43. The molecule has 4 rings (SSSR count). The summed E-state index contributed by atoms with van der Waals surface area (Å²) >= 11 is 0. The predicted molar refractivity (Wildman–Crippen MR) is 127 cm³/mol. The van der Waals surface area contributed by atoms with E-state index in [1.807, 2.05) is 19.1 Å². The Morgan fingerprint density at radius 2 is 1.74 bits per heavy atom. The largest absolute Gasteiger partial charge is 0.507 e. The van der Waals surface area contributed by atoms with Crippen molar-refractivity contribution in [1.82, 2.24) is 9.80 Å². The van der Waals surface area contributed by atoms with Gasteiger partial charge in [0.25, 0.3) is 11.7 Å². The SMILES string of the molecule is COc1ccc(OC)c([C@@H]2/C(=C(\O)c3ccc(C)cc3)C(=O)C(=O)N2CCN2CCOCC2)c1. The standard InChI is InChI=1S/C26H30N2O6/c1-17-4-6-18(7-5-17)24(29)22-23(20-16-19(32-2)8-9-21(20)33-3)28(26(31)25(22)30)11-10-27-12-14-34-15-13-27/h4-9,16,23,29H,10-15H2,1-3H3/b24-22+/t23-/m1/s1. The van der Waals surface area contributed by atoms with E-state index >= 15 is 0 Å². The van der Waals surface area contributed by atoms with Gasteiger partial charge in [-0.1, -0.05) is 29.8 Å². The van der Waals surface area contributed by atoms with Gasteiger partial charge in [-0.15, -0.1) is 0 Å². The molecule has 0 bridgehead atoms. The van der Waals surface area contributed by atoms with E-state index in [9.17, 15) is 14.7 Å². The maximum Gasteiger partial charge on any atom is 0.295 e. The Hall–Kier alpha value is -3.36. The zero-order valence-corrected chi connectivity index (χ0v) is 19.7. The summed E-state index contributed by atoms with van der Waals surface area (Å²) in [5, 5.41) is 11.2. The van der Waals surface area contributed by atoms with Crippen LogP contribution in [-0.4, -0.2) is 80.2 Å². The molecule has 2 aromatic rings. The number of ketones is 1. The van der Waals surface area contributed by atoms with E-state index in [4.69, 9.17) is 14.2 Å². The third-order valence-electron chi connectivity index (χ3n) is 6.36. The minimum Gasteiger partial charge on any atom is -0.507 e. The maximum absolute atomic E-state index is 13.3. The third kappa shape index (κ3) is 4.64. The number of aryl methyl sites for hydroxylation is 1. The van der Waals surface area contributed by atoms with Crippen LogP contribution in [0.2, 0.25) is 0 Å². The Morgan fingerprint density at radius 3 is 2.38 bits per heavy atom. The number of amides is 1. The van der Waals surface area contributed by atoms with Crippen LogP contribution >= 0.6 is 0 Å². The van der Waals surface area contributed by atoms with E-state index in [0.717, 1.165) is 18.7 Å². The molecule has 0 saturated carbocycles. The minimum atomic E-state index is -0.813. The molecule has 2 aliphatic heterocycles. The predicted octanol–water partition coefficient (Wildman–Crippen LogP) is 2.77. The lowest BCUT2D eigenvalue weighted by Crippen LogP contribution is -2.42. The second kappa shape index (κ2) is 10.3. The first-order valence-corrected chi connectivity index (χ1v) is 11.3. The Kier molecular flexibility index (Phi) is 7.19. The summed E-state index contributed by atoms with van der Waals surface area (Å²) in [5.41, 5.74) is 2.12. The Balaban J connectivity index is 1.81. The normalized spacial score (nSPS) is 20.6. The van der Waals surface area contributed by atoms with Gasteiger partial charge >= 0.3 is 0 Å². The smallest absolute Gasteiger partial charge is 0.295 e. The molecule has 0 aromatic heterocycles. The Bertz CT molecular complexity index is 1090. The number of carbonyl (C=O) groups excluding carboxylic acids is 2. The molecular formula is C26H30N2O6. The summed E-state index contributed by atoms with van der Waals surface area (Å²) in [6.07, 6.45) is 0. The van der Waals surface area contributed by atoms with Gasteiger partial charge in [0.15, 0.2) is 0 Å². The molecule has 2 aliphatic rings. The van der Waals surface area contributed by atoms with Crippen LogP contribution in [0.1, 0.15) is 22.7 Å². The van der Waals surface area contributed by atoms with Gasteiger partial charge in [0, 0.05) is 37.3 Å². The van der Waals surface area contributed by atoms with Gasteiger partial charge < -0.3 is 24.2 Å². The fraction of sp³-hybridized carbons (Fsp3) is 0.385. The number of hydrogen-bond donors (Lipinski definition) is 1. The number of aliphatic hydroxyl groups excluding tert-OH is 1. The van der Waals surface area contributed by atoms with Crippen LogP contribution < -0.4 is 9.47 Å². The van der Waals surface area contributed by atoms with Crippen LogP contribution in [0.25, 0.3) is 5.76 Å². The van der Waals surface area contributed by atoms with Crippen molar-refractivity contribution in [2.24, 2.45) is 0 Å². The van der Waals surface area contributed by atoms with Crippen molar-refractivity contribution in [2.45, 2.75) is 13.0 Å². The molecule has 0 aliphatic carbocycles. The molecular weight excluding hydrogens is 436 g/mol. The Morgan fingerprint density at radius 1 is 1.03 bits per heavy atom. The minimum absolute atomic E-state index is 0.0439. The number of nitrogens with zero attached hydrogens (tertiary/aromatic N) is 2. The van der Waals surface area contributed by atoms with Crippen LogP contribution in [0.5, 0.6) is 11.5 Å². The number of carbonyl (C=O) groups is 2. The van der Waals surface area contributed by atoms with Crippen molar-refractivity contribution in [1.29, 1.82) is 0 Å². The highest BCUT2D eigenvalue weighted by molar-refractivity contribution is 6.46. The summed E-state index contributed by atoms with van der Waals surface area (Å²) in [5.74, 6) is -0.502. The van der Waals surface area contributed by atoms with Crippen molar-refractivity contribution in [3.8, 4) is 11.5 Å². The number of likely N-dealkylation sites (tertiary alicyclic amines) is 1. The molecule has 0 radical (unpaired) electrons. The van der Waals surface area contributed by atoms with Crippen LogP contribution in [-0.2, 0) is 14.3 Å². The number of hydrogen-bond acceptors (Lipinski definition) is 7. The van der Waals surface area contributed by atoms with Crippen molar-refractivity contribution < 1.29 is 28.9 Å². The first-order chi connectivity index (χ1) is 16.4. The van der Waals surface area contributed by atoms with Crippen molar-refractivity contribution in [2.75, 3.05) is 53.6 Å². The van der Waals surface area contributed by atoms with Crippen LogP contribution in [0.3, 0.4) is 0 Å². The van der Waals surface area contributed by atoms with E-state index in [-0.39, 0.29) is 11.3 Å². The molecule has 0 spiro atoms. The topological polar surface area (TPSA) is 88.5 Å². The second-order valence-corrected chi connectivity index (χ2v) is 8.42. The summed E-state index contributed by atoms with van der Waals surface area (Å²) in [6, 6.07) is 11.6. The second-order valence-electron chi connectivity index (χ2n) is 8.42. The number of morpholine rings is 1. The number of ether oxygens (including phenoxy) is 3. The van der Waals surface area contributed by atoms with Gasteiger partial charge in [0.2, 0.25) is 0 Å². The molecule has 2 fully saturated rings. The lowest BCUT2D eigenvalue weighted by molar-refractivity contribution is -0.140. The fourth-order valence-corrected chi connectivity index (χ4v) is 4.43. The lowest BCUT2D eigenvalue weighted by Gasteiger charge is -2.31. The van der Waals surface area contributed by atoms with Gasteiger partial charge in [0.1, 0.15) is 17.3 Å². The number of benzene rings is 2. The van der Waals surface area contributed by atoms with Gasteiger partial charge in [0.05, 0.1) is 39.0 Å². The van der Waals surface area contributed by atoms with E-state index < -0.39 is 17.7 Å². The lowest BCUT2D eigenvalue weighted by atomic mass is 9.94. The summed E-state index contributed by atoms with van der Waals surface area (Å²) in [7, 11) is 3.08. The molecule has 1 N–H and O–H groups in total. The molecule has 1 atom stereocenters. The zero-order valence-electron chi connectivity index (χ0n) is 19.7. The highest BCUT2D eigenvalue weighted by atomic mass is 16.5. The number of rotatable bonds is 7. The molecule has 1 amide bonds. The molecule has 0 unspecified atom stereocenters. The summed E-state index contributed by atoms with van der Waals surface area (Å²) < 4.78 is 16.4. The van der Waals surface area contributed by atoms with E-state index in [2.05, 4.69) is 4.90 Å². The quantitative estimate of drug-likeness (QED) is 0.381. The van der Waals surface area contributed by atoms with Crippen LogP contribution in [0.4, 0.5) is 0 Å². The summed E-state index contributed by atoms with van der Waals surface area (Å²) in [6.45, 7) is 5.65. The van der Waals surface area contributed by atoms with Crippen molar-refractivity contribution in [3.05, 3.63) is 64.7 Å². The van der Waals surface area contributed by atoms with Gasteiger partial charge in [-0.05, 0) is 25.1 Å². The average Bonchev–Trinajstić information content (AvgIpc) is 3.12. The number of aliphatic hydroxyl groups is 1. The van der Waals surface area contributed by atoms with Gasteiger partial charge in [-0.2, -0.15) is 0 Å². The molecule has 8 heteroatoms. The average molecular weight is 467 g/mol. The third-order valence-corrected chi connectivity index (χ3v) is 6.36. The Labute approximate surface area is 199 Å². The molecule has 34 heavy (non-hydrogen) atoms. The van der Waals surface area contributed by atoms with E-state index in [0.29, 0.717) is 48.9 Å². The monoisotopic (exact) mass is 466 g/mol. The maximum atomic E-state index is 13.3. The molecule has 2 heterocycles. The molecule has 8 nitrogen and oxygen atoms in total. The highest BCUT2D eigenvalue weighted by Gasteiger charge is 2.47. The first-order valence-electron chi connectivity index (χ1n) is 11.3. The summed E-state index contributed by atoms with van der Waals surface area (Å²) in [4.78, 5) is 30.2. The number of methoxy groups -OCH3 is 2. The van der Waals surface area contributed by atoms with Gasteiger partial charge in [-0.3, -0.25) is 14.5 Å². The van der Waals surface area contributed by atoms with Gasteiger partial charge in [-0.25, -0.2) is 0 Å².